The number of para-hydroxylation sites is 1. The van der Waals surface area contributed by atoms with E-state index in [4.69, 9.17) is 0 Å². The lowest BCUT2D eigenvalue weighted by atomic mass is 10.2. The van der Waals surface area contributed by atoms with E-state index in [1.54, 1.807) is 6.20 Å². The van der Waals surface area contributed by atoms with Gasteiger partial charge in [0.15, 0.2) is 0 Å². The van der Waals surface area contributed by atoms with E-state index in [1.807, 2.05) is 60.7 Å². The molecule has 0 aliphatic carbocycles. The average molecular weight is 275 g/mol. The van der Waals surface area contributed by atoms with Gasteiger partial charge in [-0.25, -0.2) is 4.98 Å². The zero-order chi connectivity index (χ0) is 14.3. The largest absolute Gasteiger partial charge is 0.381 e. The first kappa shape index (κ1) is 13.2. The summed E-state index contributed by atoms with van der Waals surface area (Å²) < 4.78 is 0. The van der Waals surface area contributed by atoms with Crippen LogP contribution in [0.25, 0.3) is 0 Å². The highest BCUT2D eigenvalue weighted by Crippen LogP contribution is 2.17. The molecule has 0 aliphatic heterocycles. The van der Waals surface area contributed by atoms with Gasteiger partial charge in [0.25, 0.3) is 0 Å². The van der Waals surface area contributed by atoms with Crippen molar-refractivity contribution in [1.29, 1.82) is 0 Å². The minimum absolute atomic E-state index is 0.801. The highest BCUT2D eigenvalue weighted by molar-refractivity contribution is 5.60. The third kappa shape index (κ3) is 3.83. The molecule has 3 heteroatoms. The SMILES string of the molecule is c1ccc(CNc2ccnc(Nc3ccccc3)c2)cc1. The number of pyridine rings is 1. The van der Waals surface area contributed by atoms with Gasteiger partial charge in [-0.05, 0) is 23.8 Å². The Labute approximate surface area is 124 Å². The van der Waals surface area contributed by atoms with Crippen LogP contribution in [0.5, 0.6) is 0 Å². The van der Waals surface area contributed by atoms with Gasteiger partial charge in [0.1, 0.15) is 5.82 Å². The molecule has 0 bridgehead atoms. The van der Waals surface area contributed by atoms with Gasteiger partial charge in [-0.1, -0.05) is 48.5 Å². The Bertz CT molecular complexity index is 681. The van der Waals surface area contributed by atoms with Crippen molar-refractivity contribution in [2.45, 2.75) is 6.54 Å². The van der Waals surface area contributed by atoms with Gasteiger partial charge in [-0.2, -0.15) is 0 Å². The van der Waals surface area contributed by atoms with Gasteiger partial charge < -0.3 is 10.6 Å². The van der Waals surface area contributed by atoms with Crippen LogP contribution in [0.2, 0.25) is 0 Å². The predicted molar refractivity (Wildman–Crippen MR) is 87.7 cm³/mol. The fourth-order valence-corrected chi connectivity index (χ4v) is 2.08. The molecule has 0 spiro atoms. The second-order valence-electron chi connectivity index (χ2n) is 4.76. The maximum Gasteiger partial charge on any atom is 0.132 e. The molecule has 0 unspecified atom stereocenters. The summed E-state index contributed by atoms with van der Waals surface area (Å²) in [7, 11) is 0. The summed E-state index contributed by atoms with van der Waals surface area (Å²) in [4.78, 5) is 4.34. The van der Waals surface area contributed by atoms with Crippen molar-refractivity contribution in [3.63, 3.8) is 0 Å². The van der Waals surface area contributed by atoms with Crippen molar-refractivity contribution in [1.82, 2.24) is 4.98 Å². The molecule has 3 nitrogen and oxygen atoms in total. The fraction of sp³-hybridized carbons (Fsp3) is 0.0556. The number of rotatable bonds is 5. The van der Waals surface area contributed by atoms with Crippen LogP contribution in [0.1, 0.15) is 5.56 Å². The van der Waals surface area contributed by atoms with Gasteiger partial charge in [-0.15, -0.1) is 0 Å². The third-order valence-electron chi connectivity index (χ3n) is 3.15. The van der Waals surface area contributed by atoms with Crippen LogP contribution in [0.4, 0.5) is 17.2 Å². The third-order valence-corrected chi connectivity index (χ3v) is 3.15. The van der Waals surface area contributed by atoms with Crippen molar-refractivity contribution in [3.8, 4) is 0 Å². The van der Waals surface area contributed by atoms with Gasteiger partial charge in [-0.3, -0.25) is 0 Å². The van der Waals surface area contributed by atoms with Crippen LogP contribution < -0.4 is 10.6 Å². The molecule has 1 aromatic heterocycles. The molecule has 3 aromatic rings. The van der Waals surface area contributed by atoms with Crippen molar-refractivity contribution < 1.29 is 0 Å². The number of hydrogen-bond acceptors (Lipinski definition) is 3. The highest BCUT2D eigenvalue weighted by atomic mass is 15.0. The Morgan fingerprint density at radius 3 is 2.24 bits per heavy atom. The Balaban J connectivity index is 1.66. The monoisotopic (exact) mass is 275 g/mol. The molecule has 0 fully saturated rings. The van der Waals surface area contributed by atoms with E-state index in [1.165, 1.54) is 5.56 Å². The number of nitrogens with zero attached hydrogens (tertiary/aromatic N) is 1. The zero-order valence-electron chi connectivity index (χ0n) is 11.7. The van der Waals surface area contributed by atoms with Crippen molar-refractivity contribution in [2.24, 2.45) is 0 Å². The van der Waals surface area contributed by atoms with Gasteiger partial charge in [0.05, 0.1) is 0 Å². The van der Waals surface area contributed by atoms with E-state index in [-0.39, 0.29) is 0 Å². The molecule has 1 heterocycles. The molecule has 2 N–H and O–H groups in total. The van der Waals surface area contributed by atoms with E-state index in [0.29, 0.717) is 0 Å². The lowest BCUT2D eigenvalue weighted by molar-refractivity contribution is 1.14. The average Bonchev–Trinajstić information content (AvgIpc) is 2.55. The summed E-state index contributed by atoms with van der Waals surface area (Å²) >= 11 is 0. The van der Waals surface area contributed by atoms with E-state index >= 15 is 0 Å². The highest BCUT2D eigenvalue weighted by Gasteiger charge is 1.98. The molecule has 0 radical (unpaired) electrons. The quantitative estimate of drug-likeness (QED) is 0.723. The fourth-order valence-electron chi connectivity index (χ4n) is 2.08. The molecule has 2 aromatic carbocycles. The summed E-state index contributed by atoms with van der Waals surface area (Å²) in [6.07, 6.45) is 1.80. The lowest BCUT2D eigenvalue weighted by Gasteiger charge is -2.09. The number of nitrogens with one attached hydrogen (secondary N) is 2. The first-order valence-corrected chi connectivity index (χ1v) is 6.96. The van der Waals surface area contributed by atoms with Crippen LogP contribution in [0.3, 0.4) is 0 Å². The van der Waals surface area contributed by atoms with Gasteiger partial charge in [0.2, 0.25) is 0 Å². The van der Waals surface area contributed by atoms with E-state index in [2.05, 4.69) is 27.8 Å². The number of benzene rings is 2. The summed E-state index contributed by atoms with van der Waals surface area (Å²) in [6, 6.07) is 24.4. The van der Waals surface area contributed by atoms with Crippen LogP contribution in [0, 0.1) is 0 Å². The summed E-state index contributed by atoms with van der Waals surface area (Å²) in [6.45, 7) is 0.801. The van der Waals surface area contributed by atoms with Crippen LogP contribution in [-0.4, -0.2) is 4.98 Å². The molecule has 3 rings (SSSR count). The van der Waals surface area contributed by atoms with Crippen molar-refractivity contribution in [2.75, 3.05) is 10.6 Å². The molecular weight excluding hydrogens is 258 g/mol. The predicted octanol–water partition coefficient (Wildman–Crippen LogP) is 4.44. The van der Waals surface area contributed by atoms with E-state index in [0.717, 1.165) is 23.7 Å². The minimum atomic E-state index is 0.801. The maximum absolute atomic E-state index is 4.34. The molecule has 0 saturated heterocycles. The Hall–Kier alpha value is -2.81. The topological polar surface area (TPSA) is 37.0 Å². The van der Waals surface area contributed by atoms with Crippen LogP contribution in [0.15, 0.2) is 79.0 Å². The Kier molecular flexibility index (Phi) is 4.12. The summed E-state index contributed by atoms with van der Waals surface area (Å²) in [5.74, 6) is 0.833. The van der Waals surface area contributed by atoms with E-state index in [9.17, 15) is 0 Å². The number of hydrogen-bond donors (Lipinski definition) is 2. The Morgan fingerprint density at radius 2 is 1.48 bits per heavy atom. The van der Waals surface area contributed by atoms with Gasteiger partial charge in [0, 0.05) is 30.2 Å². The molecule has 0 amide bonds. The van der Waals surface area contributed by atoms with Crippen LogP contribution >= 0.6 is 0 Å². The molecular formula is C18H17N3. The summed E-state index contributed by atoms with van der Waals surface area (Å²) in [5.41, 5.74) is 3.34. The second kappa shape index (κ2) is 6.57. The second-order valence-corrected chi connectivity index (χ2v) is 4.76. The molecule has 21 heavy (non-hydrogen) atoms. The number of aromatic nitrogens is 1. The lowest BCUT2D eigenvalue weighted by Crippen LogP contribution is -2.00. The van der Waals surface area contributed by atoms with E-state index < -0.39 is 0 Å². The molecule has 0 atom stereocenters. The van der Waals surface area contributed by atoms with Crippen molar-refractivity contribution >= 4 is 17.2 Å². The smallest absolute Gasteiger partial charge is 0.132 e. The van der Waals surface area contributed by atoms with Crippen LogP contribution in [-0.2, 0) is 6.54 Å². The molecule has 0 aliphatic rings. The maximum atomic E-state index is 4.34. The Morgan fingerprint density at radius 1 is 0.762 bits per heavy atom. The standard InChI is InChI=1S/C18H17N3/c1-3-7-15(8-4-1)14-20-17-11-12-19-18(13-17)21-16-9-5-2-6-10-16/h1-13H,14H2,(H2,19,20,21). The number of anilines is 3. The molecule has 0 saturated carbocycles. The van der Waals surface area contributed by atoms with Crippen molar-refractivity contribution in [3.05, 3.63) is 84.6 Å². The first-order valence-electron chi connectivity index (χ1n) is 6.96. The minimum Gasteiger partial charge on any atom is -0.381 e. The summed E-state index contributed by atoms with van der Waals surface area (Å²) in [5, 5.41) is 6.70. The van der Waals surface area contributed by atoms with Gasteiger partial charge >= 0.3 is 0 Å². The molecule has 104 valence electrons. The zero-order valence-corrected chi connectivity index (χ0v) is 11.7. The normalized spacial score (nSPS) is 10.1. The first-order chi connectivity index (χ1) is 10.4.